The number of nitrogens with one attached hydrogen (secondary N) is 1. The van der Waals surface area contributed by atoms with E-state index in [-0.39, 0.29) is 0 Å². The Labute approximate surface area is 123 Å². The number of hydrogen-bond donors (Lipinski definition) is 1. The molecule has 0 spiro atoms. The number of piperidine rings is 1. The summed E-state index contributed by atoms with van der Waals surface area (Å²) in [5, 5.41) is 16.4. The van der Waals surface area contributed by atoms with Crippen LogP contribution in [0, 0.1) is 11.3 Å². The summed E-state index contributed by atoms with van der Waals surface area (Å²) in [5.41, 5.74) is 1.08. The molecule has 7 nitrogen and oxygen atoms in total. The number of aryl methyl sites for hydroxylation is 1. The normalized spacial score (nSPS) is 14.8. The SMILES string of the molecule is Cn1cc(Nc2nc(N3CCCCC3)cnc2C#N)cn1. The Kier molecular flexibility index (Phi) is 3.69. The summed E-state index contributed by atoms with van der Waals surface area (Å²) in [4.78, 5) is 11.0. The van der Waals surface area contributed by atoms with E-state index < -0.39 is 0 Å². The van der Waals surface area contributed by atoms with Crippen molar-refractivity contribution >= 4 is 17.3 Å². The lowest BCUT2D eigenvalue weighted by Gasteiger charge is -2.27. The Bertz CT molecular complexity index is 664. The molecule has 7 heteroatoms. The number of nitriles is 1. The highest BCUT2D eigenvalue weighted by atomic mass is 15.3. The smallest absolute Gasteiger partial charge is 0.183 e. The van der Waals surface area contributed by atoms with Crippen LogP contribution in [0.1, 0.15) is 25.0 Å². The third-order valence-corrected chi connectivity index (χ3v) is 3.51. The van der Waals surface area contributed by atoms with Crippen molar-refractivity contribution in [2.45, 2.75) is 19.3 Å². The zero-order valence-corrected chi connectivity index (χ0v) is 12.0. The van der Waals surface area contributed by atoms with Crippen molar-refractivity contribution in [1.29, 1.82) is 5.26 Å². The van der Waals surface area contributed by atoms with Crippen LogP contribution in [-0.2, 0) is 7.05 Å². The summed E-state index contributed by atoms with van der Waals surface area (Å²) >= 11 is 0. The molecule has 1 saturated heterocycles. The lowest BCUT2D eigenvalue weighted by Crippen LogP contribution is -2.30. The summed E-state index contributed by atoms with van der Waals surface area (Å²) in [6, 6.07) is 2.07. The molecule has 0 atom stereocenters. The van der Waals surface area contributed by atoms with Crippen LogP contribution in [0.5, 0.6) is 0 Å². The third kappa shape index (κ3) is 2.94. The van der Waals surface area contributed by atoms with Crippen molar-refractivity contribution < 1.29 is 0 Å². The highest BCUT2D eigenvalue weighted by molar-refractivity contribution is 5.61. The zero-order valence-electron chi connectivity index (χ0n) is 12.0. The standard InChI is InChI=1S/C14H17N7/c1-20-10-11(8-17-20)18-14-12(7-15)16-9-13(19-14)21-5-3-2-4-6-21/h8-10H,2-6H2,1H3,(H,18,19). The van der Waals surface area contributed by atoms with Gasteiger partial charge in [0.05, 0.1) is 18.1 Å². The molecule has 0 aliphatic carbocycles. The first-order chi connectivity index (χ1) is 10.3. The Balaban J connectivity index is 1.88. The second-order valence-electron chi connectivity index (χ2n) is 5.11. The van der Waals surface area contributed by atoms with Gasteiger partial charge in [-0.3, -0.25) is 4.68 Å². The largest absolute Gasteiger partial charge is 0.355 e. The second kappa shape index (κ2) is 5.79. The average Bonchev–Trinajstić information content (AvgIpc) is 2.93. The predicted molar refractivity (Wildman–Crippen MR) is 79.3 cm³/mol. The van der Waals surface area contributed by atoms with E-state index in [2.05, 4.69) is 31.4 Å². The molecule has 0 saturated carbocycles. The van der Waals surface area contributed by atoms with E-state index in [9.17, 15) is 5.26 Å². The molecule has 1 aliphatic heterocycles. The van der Waals surface area contributed by atoms with E-state index in [0.29, 0.717) is 11.5 Å². The summed E-state index contributed by atoms with van der Waals surface area (Å²) in [5.74, 6) is 1.30. The summed E-state index contributed by atoms with van der Waals surface area (Å²) in [6.45, 7) is 1.99. The predicted octanol–water partition coefficient (Wildman–Crippen LogP) is 1.82. The summed E-state index contributed by atoms with van der Waals surface area (Å²) < 4.78 is 1.69. The van der Waals surface area contributed by atoms with Crippen LogP contribution in [0.15, 0.2) is 18.6 Å². The van der Waals surface area contributed by atoms with E-state index in [1.165, 1.54) is 19.3 Å². The molecule has 0 unspecified atom stereocenters. The number of rotatable bonds is 3. The minimum Gasteiger partial charge on any atom is -0.355 e. The Hall–Kier alpha value is -2.62. The number of aromatic nitrogens is 4. The number of nitrogens with zero attached hydrogens (tertiary/aromatic N) is 6. The van der Waals surface area contributed by atoms with Gasteiger partial charge in [0.15, 0.2) is 11.5 Å². The van der Waals surface area contributed by atoms with Gasteiger partial charge in [0.2, 0.25) is 0 Å². The van der Waals surface area contributed by atoms with Gasteiger partial charge in [0, 0.05) is 26.3 Å². The molecule has 3 heterocycles. The van der Waals surface area contributed by atoms with Crippen molar-refractivity contribution in [2.24, 2.45) is 7.05 Å². The van der Waals surface area contributed by atoms with E-state index in [0.717, 1.165) is 24.6 Å². The highest BCUT2D eigenvalue weighted by Gasteiger charge is 2.15. The molecule has 2 aromatic heterocycles. The first kappa shape index (κ1) is 13.4. The lowest BCUT2D eigenvalue weighted by atomic mass is 10.1. The molecule has 3 rings (SSSR count). The van der Waals surface area contributed by atoms with E-state index in [1.807, 2.05) is 13.2 Å². The average molecular weight is 283 g/mol. The van der Waals surface area contributed by atoms with E-state index >= 15 is 0 Å². The van der Waals surface area contributed by atoms with Crippen LogP contribution in [-0.4, -0.2) is 32.8 Å². The highest BCUT2D eigenvalue weighted by Crippen LogP contribution is 2.22. The summed E-state index contributed by atoms with van der Waals surface area (Å²) in [6.07, 6.45) is 8.81. The number of hydrogen-bond acceptors (Lipinski definition) is 6. The monoisotopic (exact) mass is 283 g/mol. The van der Waals surface area contributed by atoms with Gasteiger partial charge in [0.25, 0.3) is 0 Å². The van der Waals surface area contributed by atoms with Gasteiger partial charge >= 0.3 is 0 Å². The minimum atomic E-state index is 0.291. The van der Waals surface area contributed by atoms with Crippen LogP contribution < -0.4 is 10.2 Å². The van der Waals surface area contributed by atoms with Gasteiger partial charge in [0.1, 0.15) is 11.9 Å². The molecular formula is C14H17N7. The molecular weight excluding hydrogens is 266 g/mol. The van der Waals surface area contributed by atoms with Gasteiger partial charge in [-0.15, -0.1) is 0 Å². The van der Waals surface area contributed by atoms with Crippen LogP contribution in [0.2, 0.25) is 0 Å². The zero-order chi connectivity index (χ0) is 14.7. The molecule has 2 aromatic rings. The number of anilines is 3. The van der Waals surface area contributed by atoms with Gasteiger partial charge in [-0.25, -0.2) is 9.97 Å². The van der Waals surface area contributed by atoms with Gasteiger partial charge < -0.3 is 10.2 Å². The first-order valence-electron chi connectivity index (χ1n) is 7.04. The maximum Gasteiger partial charge on any atom is 0.183 e. The molecule has 0 radical (unpaired) electrons. The van der Waals surface area contributed by atoms with E-state index in [1.54, 1.807) is 17.1 Å². The fraction of sp³-hybridized carbons (Fsp3) is 0.429. The van der Waals surface area contributed by atoms with Crippen LogP contribution in [0.25, 0.3) is 0 Å². The quantitative estimate of drug-likeness (QED) is 0.925. The molecule has 0 amide bonds. The molecule has 0 bridgehead atoms. The molecule has 1 aliphatic rings. The van der Waals surface area contributed by atoms with Crippen molar-refractivity contribution in [3.8, 4) is 6.07 Å². The van der Waals surface area contributed by atoms with Crippen LogP contribution >= 0.6 is 0 Å². The van der Waals surface area contributed by atoms with Gasteiger partial charge in [-0.1, -0.05) is 0 Å². The fourth-order valence-corrected chi connectivity index (χ4v) is 2.45. The van der Waals surface area contributed by atoms with Crippen LogP contribution in [0.3, 0.4) is 0 Å². The Morgan fingerprint density at radius 1 is 1.24 bits per heavy atom. The maximum atomic E-state index is 9.18. The molecule has 108 valence electrons. The second-order valence-corrected chi connectivity index (χ2v) is 5.11. The Morgan fingerprint density at radius 2 is 2.05 bits per heavy atom. The van der Waals surface area contributed by atoms with Crippen LogP contribution in [0.4, 0.5) is 17.3 Å². The maximum absolute atomic E-state index is 9.18. The van der Waals surface area contributed by atoms with Gasteiger partial charge in [-0.05, 0) is 19.3 Å². The molecule has 21 heavy (non-hydrogen) atoms. The van der Waals surface area contributed by atoms with E-state index in [4.69, 9.17) is 0 Å². The molecule has 1 N–H and O–H groups in total. The minimum absolute atomic E-state index is 0.291. The molecule has 1 fully saturated rings. The van der Waals surface area contributed by atoms with Crippen molar-refractivity contribution in [3.63, 3.8) is 0 Å². The summed E-state index contributed by atoms with van der Waals surface area (Å²) in [7, 11) is 1.84. The third-order valence-electron chi connectivity index (χ3n) is 3.51. The van der Waals surface area contributed by atoms with Crippen molar-refractivity contribution in [2.75, 3.05) is 23.3 Å². The molecule has 0 aromatic carbocycles. The fourth-order valence-electron chi connectivity index (χ4n) is 2.45. The first-order valence-corrected chi connectivity index (χ1v) is 7.04. The van der Waals surface area contributed by atoms with Gasteiger partial charge in [-0.2, -0.15) is 10.4 Å². The Morgan fingerprint density at radius 3 is 2.71 bits per heavy atom. The van der Waals surface area contributed by atoms with Crippen molar-refractivity contribution in [3.05, 3.63) is 24.3 Å². The topological polar surface area (TPSA) is 82.7 Å². The van der Waals surface area contributed by atoms with Crippen molar-refractivity contribution in [1.82, 2.24) is 19.7 Å². The lowest BCUT2D eigenvalue weighted by molar-refractivity contribution is 0.573.